The van der Waals surface area contributed by atoms with Crippen molar-refractivity contribution in [2.45, 2.75) is 0 Å². The number of anilines is 2. The van der Waals surface area contributed by atoms with Crippen LogP contribution in [0.25, 0.3) is 10.9 Å². The van der Waals surface area contributed by atoms with Gasteiger partial charge >= 0.3 is 6.03 Å². The van der Waals surface area contributed by atoms with Gasteiger partial charge in [-0.05, 0) is 30.3 Å². The molecule has 1 saturated heterocycles. The van der Waals surface area contributed by atoms with Crippen LogP contribution in [0, 0.1) is 0 Å². The number of rotatable bonds is 2. The highest BCUT2D eigenvalue weighted by atomic mass is 16.3. The largest absolute Gasteiger partial charge is 0.506 e. The van der Waals surface area contributed by atoms with Gasteiger partial charge in [0.2, 0.25) is 0 Å². The number of carbonyl (C=O) groups is 1. The quantitative estimate of drug-likeness (QED) is 0.737. The Hall–Kier alpha value is -3.29. The number of piperazine rings is 1. The van der Waals surface area contributed by atoms with Crippen molar-refractivity contribution in [1.29, 1.82) is 0 Å². The fourth-order valence-electron chi connectivity index (χ4n) is 3.15. The number of aryl methyl sites for hydroxylation is 1. The van der Waals surface area contributed by atoms with E-state index in [4.69, 9.17) is 0 Å². The molecule has 8 heteroatoms. The lowest BCUT2D eigenvalue weighted by molar-refractivity contribution is 0.208. The summed E-state index contributed by atoms with van der Waals surface area (Å²) in [6.45, 7) is 2.79. The van der Waals surface area contributed by atoms with Crippen LogP contribution in [0.5, 0.6) is 5.75 Å². The Kier molecular flexibility index (Phi) is 4.08. The van der Waals surface area contributed by atoms with Crippen LogP contribution in [0.2, 0.25) is 0 Å². The molecule has 2 N–H and O–H groups in total. The second kappa shape index (κ2) is 6.55. The van der Waals surface area contributed by atoms with Crippen molar-refractivity contribution in [1.82, 2.24) is 19.7 Å². The van der Waals surface area contributed by atoms with Gasteiger partial charge in [-0.15, -0.1) is 0 Å². The van der Waals surface area contributed by atoms with Gasteiger partial charge in [0, 0.05) is 44.3 Å². The van der Waals surface area contributed by atoms with Gasteiger partial charge in [-0.2, -0.15) is 5.10 Å². The lowest BCUT2D eigenvalue weighted by Crippen LogP contribution is -2.50. The highest BCUT2D eigenvalue weighted by Crippen LogP contribution is 2.23. The molecule has 3 heterocycles. The fourth-order valence-corrected chi connectivity index (χ4v) is 3.15. The molecule has 8 nitrogen and oxygen atoms in total. The molecule has 0 radical (unpaired) electrons. The lowest BCUT2D eigenvalue weighted by Gasteiger charge is -2.36. The third-order valence-electron chi connectivity index (χ3n) is 4.65. The lowest BCUT2D eigenvalue weighted by atomic mass is 10.2. The first kappa shape index (κ1) is 16.2. The van der Waals surface area contributed by atoms with E-state index in [9.17, 15) is 9.90 Å². The third-order valence-corrected chi connectivity index (χ3v) is 4.65. The molecular formula is C18H20N6O2. The predicted molar refractivity (Wildman–Crippen MR) is 99.4 cm³/mol. The smallest absolute Gasteiger partial charge is 0.323 e. The number of hydrogen-bond acceptors (Lipinski definition) is 5. The molecule has 0 aliphatic carbocycles. The van der Waals surface area contributed by atoms with Crippen LogP contribution in [0.1, 0.15) is 0 Å². The monoisotopic (exact) mass is 352 g/mol. The van der Waals surface area contributed by atoms with Gasteiger partial charge in [-0.1, -0.05) is 0 Å². The van der Waals surface area contributed by atoms with Crippen molar-refractivity contribution in [3.05, 3.63) is 42.7 Å². The maximum atomic E-state index is 12.4. The number of hydrogen-bond donors (Lipinski definition) is 2. The SMILES string of the molecule is Cn1ncc2ccc(N3CCN(C(=O)Nc4ccc(O)cn4)CC3)cc21. The molecule has 0 unspecified atom stereocenters. The van der Waals surface area contributed by atoms with Gasteiger partial charge < -0.3 is 14.9 Å². The number of pyridine rings is 1. The van der Waals surface area contributed by atoms with E-state index in [1.807, 2.05) is 17.9 Å². The maximum absolute atomic E-state index is 12.4. The molecule has 0 spiro atoms. The Labute approximate surface area is 150 Å². The molecule has 0 saturated carbocycles. The summed E-state index contributed by atoms with van der Waals surface area (Å²) in [5.74, 6) is 0.499. The number of urea groups is 1. The molecule has 0 atom stereocenters. The van der Waals surface area contributed by atoms with E-state index < -0.39 is 0 Å². The van der Waals surface area contributed by atoms with Crippen LogP contribution in [0.15, 0.2) is 42.7 Å². The van der Waals surface area contributed by atoms with Gasteiger partial charge in [0.05, 0.1) is 17.9 Å². The molecule has 2 amide bonds. The van der Waals surface area contributed by atoms with Crippen molar-refractivity contribution >= 4 is 28.4 Å². The topological polar surface area (TPSA) is 86.5 Å². The first-order chi connectivity index (χ1) is 12.6. The number of amides is 2. The summed E-state index contributed by atoms with van der Waals surface area (Å²) in [5.41, 5.74) is 2.24. The minimum atomic E-state index is -0.176. The molecule has 1 aromatic carbocycles. The first-order valence-electron chi connectivity index (χ1n) is 8.48. The highest BCUT2D eigenvalue weighted by molar-refractivity contribution is 5.88. The van der Waals surface area contributed by atoms with Crippen molar-refractivity contribution < 1.29 is 9.90 Å². The Morgan fingerprint density at radius 2 is 1.92 bits per heavy atom. The number of fused-ring (bicyclic) bond motifs is 1. The molecular weight excluding hydrogens is 332 g/mol. The van der Waals surface area contributed by atoms with E-state index in [1.165, 1.54) is 12.3 Å². The molecule has 0 bridgehead atoms. The summed E-state index contributed by atoms with van der Waals surface area (Å²) in [6, 6.07) is 9.21. The predicted octanol–water partition coefficient (Wildman–Crippen LogP) is 2.03. The van der Waals surface area contributed by atoms with Gasteiger partial charge in [0.15, 0.2) is 0 Å². The Morgan fingerprint density at radius 1 is 1.12 bits per heavy atom. The number of nitrogens with zero attached hydrogens (tertiary/aromatic N) is 5. The van der Waals surface area contributed by atoms with E-state index in [2.05, 4.69) is 38.5 Å². The summed E-state index contributed by atoms with van der Waals surface area (Å²) in [7, 11) is 1.94. The number of aromatic nitrogens is 3. The van der Waals surface area contributed by atoms with Gasteiger partial charge in [-0.3, -0.25) is 10.00 Å². The fraction of sp³-hybridized carbons (Fsp3) is 0.278. The second-order valence-electron chi connectivity index (χ2n) is 6.32. The minimum Gasteiger partial charge on any atom is -0.506 e. The van der Waals surface area contributed by atoms with Gasteiger partial charge in [-0.25, -0.2) is 9.78 Å². The van der Waals surface area contributed by atoms with Crippen molar-refractivity contribution in [3.8, 4) is 5.75 Å². The Bertz CT molecular complexity index is 929. The van der Waals surface area contributed by atoms with Crippen molar-refractivity contribution in [2.75, 3.05) is 36.4 Å². The maximum Gasteiger partial charge on any atom is 0.323 e. The standard InChI is InChI=1S/C18H20N6O2/c1-22-16-10-14(3-2-13(16)11-20-22)23-6-8-24(9-7-23)18(26)21-17-5-4-15(25)12-19-17/h2-5,10-12,25H,6-9H2,1H3,(H,19,21,26). The van der Waals surface area contributed by atoms with Crippen LogP contribution in [-0.2, 0) is 7.05 Å². The van der Waals surface area contributed by atoms with Crippen LogP contribution < -0.4 is 10.2 Å². The van der Waals surface area contributed by atoms with Crippen molar-refractivity contribution in [2.24, 2.45) is 7.05 Å². The molecule has 26 heavy (non-hydrogen) atoms. The molecule has 3 aromatic rings. The van der Waals surface area contributed by atoms with E-state index in [-0.39, 0.29) is 11.8 Å². The zero-order chi connectivity index (χ0) is 18.1. The van der Waals surface area contributed by atoms with Crippen LogP contribution in [0.4, 0.5) is 16.3 Å². The molecule has 1 aliphatic heterocycles. The molecule has 1 aliphatic rings. The highest BCUT2D eigenvalue weighted by Gasteiger charge is 2.22. The first-order valence-corrected chi connectivity index (χ1v) is 8.48. The van der Waals surface area contributed by atoms with E-state index in [0.29, 0.717) is 18.9 Å². The molecule has 4 rings (SSSR count). The number of carbonyl (C=O) groups excluding carboxylic acids is 1. The molecule has 134 valence electrons. The van der Waals surface area contributed by atoms with Gasteiger partial charge in [0.25, 0.3) is 0 Å². The summed E-state index contributed by atoms with van der Waals surface area (Å²) < 4.78 is 1.87. The summed E-state index contributed by atoms with van der Waals surface area (Å²) in [4.78, 5) is 20.4. The molecule has 2 aromatic heterocycles. The van der Waals surface area contributed by atoms with E-state index in [0.717, 1.165) is 29.7 Å². The average Bonchev–Trinajstić information content (AvgIpc) is 3.04. The van der Waals surface area contributed by atoms with Crippen LogP contribution in [-0.4, -0.2) is 57.0 Å². The molecule has 1 fully saturated rings. The minimum absolute atomic E-state index is 0.0713. The van der Waals surface area contributed by atoms with Gasteiger partial charge in [0.1, 0.15) is 11.6 Å². The number of benzene rings is 1. The van der Waals surface area contributed by atoms with E-state index in [1.54, 1.807) is 11.0 Å². The average molecular weight is 352 g/mol. The van der Waals surface area contributed by atoms with E-state index >= 15 is 0 Å². The normalized spacial score (nSPS) is 14.7. The summed E-state index contributed by atoms with van der Waals surface area (Å²) >= 11 is 0. The number of nitrogens with one attached hydrogen (secondary N) is 1. The summed E-state index contributed by atoms with van der Waals surface area (Å²) in [6.07, 6.45) is 3.17. The summed E-state index contributed by atoms with van der Waals surface area (Å²) in [5, 5.41) is 17.4. The van der Waals surface area contributed by atoms with Crippen LogP contribution in [0.3, 0.4) is 0 Å². The number of aromatic hydroxyl groups is 1. The van der Waals surface area contributed by atoms with Crippen LogP contribution >= 0.6 is 0 Å². The second-order valence-corrected chi connectivity index (χ2v) is 6.32. The van der Waals surface area contributed by atoms with Crippen molar-refractivity contribution in [3.63, 3.8) is 0 Å². The zero-order valence-electron chi connectivity index (χ0n) is 14.5. The zero-order valence-corrected chi connectivity index (χ0v) is 14.5. The third kappa shape index (κ3) is 3.13. The Balaban J connectivity index is 1.39. The Morgan fingerprint density at radius 3 is 2.65 bits per heavy atom.